The van der Waals surface area contributed by atoms with Crippen molar-refractivity contribution in [2.45, 2.75) is 33.8 Å². The Morgan fingerprint density at radius 3 is 2.47 bits per heavy atom. The molecule has 0 saturated heterocycles. The Morgan fingerprint density at radius 1 is 1.26 bits per heavy atom. The van der Waals surface area contributed by atoms with Crippen molar-refractivity contribution in [3.63, 3.8) is 0 Å². The molecule has 106 valence electrons. The summed E-state index contributed by atoms with van der Waals surface area (Å²) >= 11 is 0. The van der Waals surface area contributed by atoms with Crippen molar-refractivity contribution in [3.8, 4) is 5.75 Å². The average Bonchev–Trinajstić information content (AvgIpc) is 2.39. The predicted octanol–water partition coefficient (Wildman–Crippen LogP) is 2.71. The number of para-hydroxylation sites is 1. The van der Waals surface area contributed by atoms with E-state index >= 15 is 0 Å². The molecule has 0 aliphatic heterocycles. The number of ether oxygens (including phenoxy) is 2. The van der Waals surface area contributed by atoms with Gasteiger partial charge in [-0.3, -0.25) is 4.79 Å². The zero-order valence-electron chi connectivity index (χ0n) is 12.0. The van der Waals surface area contributed by atoms with Crippen molar-refractivity contribution in [1.29, 1.82) is 0 Å². The van der Waals surface area contributed by atoms with Gasteiger partial charge in [-0.25, -0.2) is 0 Å². The fraction of sp³-hybridized carbons (Fsp3) is 0.533. The molecule has 1 unspecified atom stereocenters. The van der Waals surface area contributed by atoms with Crippen LogP contribution in [0.4, 0.5) is 0 Å². The summed E-state index contributed by atoms with van der Waals surface area (Å²) in [5.74, 6) is 0.170. The first-order chi connectivity index (χ1) is 8.95. The summed E-state index contributed by atoms with van der Waals surface area (Å²) in [6.07, 6.45) is -0.978. The van der Waals surface area contributed by atoms with Gasteiger partial charge in [0.1, 0.15) is 5.75 Å². The number of benzene rings is 1. The van der Waals surface area contributed by atoms with Crippen LogP contribution in [0.5, 0.6) is 5.75 Å². The normalized spacial score (nSPS) is 12.9. The largest absolute Gasteiger partial charge is 0.493 e. The van der Waals surface area contributed by atoms with Crippen LogP contribution in [0.1, 0.15) is 39.4 Å². The third-order valence-corrected chi connectivity index (χ3v) is 3.00. The Balaban J connectivity index is 3.05. The van der Waals surface area contributed by atoms with Crippen LogP contribution in [0.15, 0.2) is 24.3 Å². The zero-order valence-corrected chi connectivity index (χ0v) is 12.0. The first kappa shape index (κ1) is 15.5. The van der Waals surface area contributed by atoms with Crippen molar-refractivity contribution >= 4 is 5.97 Å². The predicted molar refractivity (Wildman–Crippen MR) is 73.0 cm³/mol. The maximum absolute atomic E-state index is 11.9. The van der Waals surface area contributed by atoms with Crippen LogP contribution in [0, 0.1) is 5.41 Å². The van der Waals surface area contributed by atoms with Crippen LogP contribution in [0.3, 0.4) is 0 Å². The Bertz CT molecular complexity index is 426. The van der Waals surface area contributed by atoms with Crippen LogP contribution in [-0.4, -0.2) is 24.3 Å². The standard InChI is InChI=1S/C15H22O4/c1-5-18-12-10-8-7-9-11(12)13(16)15(3,4)14(17)19-6-2/h7-10,13,16H,5-6H2,1-4H3. The Labute approximate surface area is 114 Å². The lowest BCUT2D eigenvalue weighted by Gasteiger charge is -2.29. The molecule has 0 saturated carbocycles. The number of aliphatic hydroxyl groups excluding tert-OH is 1. The van der Waals surface area contributed by atoms with E-state index in [4.69, 9.17) is 9.47 Å². The van der Waals surface area contributed by atoms with Crippen molar-refractivity contribution in [2.75, 3.05) is 13.2 Å². The Kier molecular flexibility index (Phi) is 5.36. The number of aliphatic hydroxyl groups is 1. The van der Waals surface area contributed by atoms with Crippen LogP contribution in [-0.2, 0) is 9.53 Å². The maximum atomic E-state index is 11.9. The second-order valence-electron chi connectivity index (χ2n) is 4.82. The molecule has 1 N–H and O–H groups in total. The number of carbonyl (C=O) groups is 1. The van der Waals surface area contributed by atoms with E-state index in [-0.39, 0.29) is 0 Å². The topological polar surface area (TPSA) is 55.8 Å². The number of hydrogen-bond acceptors (Lipinski definition) is 4. The molecule has 0 aliphatic carbocycles. The van der Waals surface area contributed by atoms with Gasteiger partial charge in [0.25, 0.3) is 0 Å². The SMILES string of the molecule is CCOC(=O)C(C)(C)C(O)c1ccccc1OCC. The average molecular weight is 266 g/mol. The van der Waals surface area contributed by atoms with Gasteiger partial charge in [-0.05, 0) is 33.8 Å². The minimum absolute atomic E-state index is 0.294. The molecule has 0 aromatic heterocycles. The van der Waals surface area contributed by atoms with Gasteiger partial charge in [0, 0.05) is 5.56 Å². The molecule has 0 aliphatic rings. The highest BCUT2D eigenvalue weighted by atomic mass is 16.5. The summed E-state index contributed by atoms with van der Waals surface area (Å²) in [5.41, 5.74) is -0.425. The molecule has 0 heterocycles. The molecule has 1 aromatic carbocycles. The first-order valence-corrected chi connectivity index (χ1v) is 6.52. The lowest BCUT2D eigenvalue weighted by atomic mass is 9.82. The van der Waals surface area contributed by atoms with E-state index in [1.54, 1.807) is 32.9 Å². The summed E-state index contributed by atoms with van der Waals surface area (Å²) in [5, 5.41) is 10.5. The molecule has 0 amide bonds. The van der Waals surface area contributed by atoms with E-state index in [0.717, 1.165) is 0 Å². The number of esters is 1. The van der Waals surface area contributed by atoms with Gasteiger partial charge >= 0.3 is 5.97 Å². The van der Waals surface area contributed by atoms with Crippen molar-refractivity contribution in [2.24, 2.45) is 5.41 Å². The molecule has 1 rings (SSSR count). The van der Waals surface area contributed by atoms with E-state index in [9.17, 15) is 9.90 Å². The molecule has 19 heavy (non-hydrogen) atoms. The monoisotopic (exact) mass is 266 g/mol. The van der Waals surface area contributed by atoms with E-state index in [1.165, 1.54) is 0 Å². The molecule has 0 radical (unpaired) electrons. The number of hydrogen-bond donors (Lipinski definition) is 1. The summed E-state index contributed by atoms with van der Waals surface area (Å²) < 4.78 is 10.5. The fourth-order valence-corrected chi connectivity index (χ4v) is 1.81. The molecule has 0 fully saturated rings. The van der Waals surface area contributed by atoms with E-state index < -0.39 is 17.5 Å². The molecule has 4 heteroatoms. The molecule has 4 nitrogen and oxygen atoms in total. The molecule has 0 spiro atoms. The van der Waals surface area contributed by atoms with Crippen LogP contribution >= 0.6 is 0 Å². The van der Waals surface area contributed by atoms with Crippen molar-refractivity contribution < 1.29 is 19.4 Å². The summed E-state index contributed by atoms with van der Waals surface area (Å²) in [6, 6.07) is 7.18. The Hall–Kier alpha value is -1.55. The molecular weight excluding hydrogens is 244 g/mol. The van der Waals surface area contributed by atoms with Gasteiger partial charge in [-0.2, -0.15) is 0 Å². The van der Waals surface area contributed by atoms with Gasteiger partial charge in [0.2, 0.25) is 0 Å². The summed E-state index contributed by atoms with van der Waals surface area (Å²) in [6.45, 7) is 7.75. The van der Waals surface area contributed by atoms with Crippen LogP contribution in [0.2, 0.25) is 0 Å². The zero-order chi connectivity index (χ0) is 14.5. The third kappa shape index (κ3) is 3.47. The summed E-state index contributed by atoms with van der Waals surface area (Å²) in [4.78, 5) is 11.9. The highest BCUT2D eigenvalue weighted by Crippen LogP contribution is 2.38. The third-order valence-electron chi connectivity index (χ3n) is 3.00. The molecular formula is C15H22O4. The fourth-order valence-electron chi connectivity index (χ4n) is 1.81. The van der Waals surface area contributed by atoms with Gasteiger partial charge in [-0.15, -0.1) is 0 Å². The number of rotatable bonds is 6. The van der Waals surface area contributed by atoms with E-state index in [2.05, 4.69) is 0 Å². The van der Waals surface area contributed by atoms with Gasteiger partial charge < -0.3 is 14.6 Å². The van der Waals surface area contributed by atoms with E-state index in [0.29, 0.717) is 24.5 Å². The minimum atomic E-state index is -1.02. The van der Waals surface area contributed by atoms with Gasteiger partial charge in [0.05, 0.1) is 24.7 Å². The smallest absolute Gasteiger partial charge is 0.314 e. The van der Waals surface area contributed by atoms with Crippen molar-refractivity contribution in [1.82, 2.24) is 0 Å². The maximum Gasteiger partial charge on any atom is 0.314 e. The number of carbonyl (C=O) groups excluding carboxylic acids is 1. The van der Waals surface area contributed by atoms with Crippen LogP contribution < -0.4 is 4.74 Å². The van der Waals surface area contributed by atoms with Crippen molar-refractivity contribution in [3.05, 3.63) is 29.8 Å². The molecule has 0 bridgehead atoms. The first-order valence-electron chi connectivity index (χ1n) is 6.52. The summed E-state index contributed by atoms with van der Waals surface area (Å²) in [7, 11) is 0. The van der Waals surface area contributed by atoms with Gasteiger partial charge in [0.15, 0.2) is 0 Å². The second-order valence-corrected chi connectivity index (χ2v) is 4.82. The highest BCUT2D eigenvalue weighted by Gasteiger charge is 2.39. The van der Waals surface area contributed by atoms with Gasteiger partial charge in [-0.1, -0.05) is 18.2 Å². The minimum Gasteiger partial charge on any atom is -0.493 e. The lowest BCUT2D eigenvalue weighted by molar-refractivity contribution is -0.160. The van der Waals surface area contributed by atoms with Crippen LogP contribution in [0.25, 0.3) is 0 Å². The Morgan fingerprint density at radius 2 is 1.89 bits per heavy atom. The lowest BCUT2D eigenvalue weighted by Crippen LogP contribution is -2.33. The molecule has 1 aromatic rings. The quantitative estimate of drug-likeness (QED) is 0.804. The highest BCUT2D eigenvalue weighted by molar-refractivity contribution is 5.77. The molecule has 1 atom stereocenters. The second kappa shape index (κ2) is 6.57. The van der Waals surface area contributed by atoms with E-state index in [1.807, 2.05) is 19.1 Å².